The highest BCUT2D eigenvalue weighted by Crippen LogP contribution is 2.12. The van der Waals surface area contributed by atoms with Gasteiger partial charge in [-0.15, -0.1) is 26.3 Å². The summed E-state index contributed by atoms with van der Waals surface area (Å²) >= 11 is 0. The Bertz CT molecular complexity index is 520. The standard InChI is InChI=1S/C30H52N2O2/c1-5-9-11-13-15-17-19-21-23-29(33)31(25-7-3)27-28-32(26-8-4)30(34)24-22-20-18-16-14-12-10-6-2/h5-8H,1-4,9-28H2. The van der Waals surface area contributed by atoms with Crippen LogP contribution in [0.3, 0.4) is 0 Å². The van der Waals surface area contributed by atoms with Gasteiger partial charge in [0.2, 0.25) is 11.8 Å². The van der Waals surface area contributed by atoms with E-state index < -0.39 is 0 Å². The van der Waals surface area contributed by atoms with Gasteiger partial charge in [-0.1, -0.05) is 75.7 Å². The van der Waals surface area contributed by atoms with Crippen LogP contribution >= 0.6 is 0 Å². The smallest absolute Gasteiger partial charge is 0.222 e. The fraction of sp³-hybridized carbons (Fsp3) is 0.667. The minimum Gasteiger partial charge on any atom is -0.337 e. The Labute approximate surface area is 210 Å². The number of carbonyl (C=O) groups is 2. The fourth-order valence-corrected chi connectivity index (χ4v) is 4.05. The second kappa shape index (κ2) is 24.0. The molecular weight excluding hydrogens is 420 g/mol. The Morgan fingerprint density at radius 1 is 0.471 bits per heavy atom. The largest absolute Gasteiger partial charge is 0.337 e. The molecule has 0 saturated heterocycles. The molecule has 0 aliphatic heterocycles. The predicted molar refractivity (Wildman–Crippen MR) is 148 cm³/mol. The van der Waals surface area contributed by atoms with E-state index in [1.807, 2.05) is 22.0 Å². The van der Waals surface area contributed by atoms with Gasteiger partial charge in [-0.3, -0.25) is 9.59 Å². The summed E-state index contributed by atoms with van der Waals surface area (Å²) in [7, 11) is 0. The molecule has 0 fully saturated rings. The van der Waals surface area contributed by atoms with Gasteiger partial charge in [-0.2, -0.15) is 0 Å². The third-order valence-electron chi connectivity index (χ3n) is 6.14. The summed E-state index contributed by atoms with van der Waals surface area (Å²) in [5.41, 5.74) is 0. The van der Waals surface area contributed by atoms with Crippen molar-refractivity contribution < 1.29 is 9.59 Å². The molecule has 0 aromatic rings. The summed E-state index contributed by atoms with van der Waals surface area (Å²) in [6, 6.07) is 0. The van der Waals surface area contributed by atoms with Crippen molar-refractivity contribution in [3.8, 4) is 0 Å². The molecule has 0 aliphatic carbocycles. The maximum atomic E-state index is 12.7. The molecule has 0 radical (unpaired) electrons. The van der Waals surface area contributed by atoms with E-state index in [-0.39, 0.29) is 11.8 Å². The van der Waals surface area contributed by atoms with Crippen molar-refractivity contribution in [1.82, 2.24) is 9.80 Å². The van der Waals surface area contributed by atoms with Gasteiger partial charge in [-0.25, -0.2) is 0 Å². The van der Waals surface area contributed by atoms with E-state index in [1.165, 1.54) is 51.4 Å². The molecule has 0 aliphatic rings. The van der Waals surface area contributed by atoms with Crippen LogP contribution in [-0.2, 0) is 9.59 Å². The molecule has 2 amide bonds. The van der Waals surface area contributed by atoms with Crippen LogP contribution in [-0.4, -0.2) is 47.8 Å². The van der Waals surface area contributed by atoms with Gasteiger partial charge in [0.1, 0.15) is 0 Å². The van der Waals surface area contributed by atoms with Gasteiger partial charge < -0.3 is 9.80 Å². The lowest BCUT2D eigenvalue weighted by atomic mass is 10.1. The van der Waals surface area contributed by atoms with E-state index in [4.69, 9.17) is 0 Å². The van der Waals surface area contributed by atoms with Gasteiger partial charge in [0.25, 0.3) is 0 Å². The molecule has 0 aromatic carbocycles. The molecule has 0 spiro atoms. The first-order valence-electron chi connectivity index (χ1n) is 13.6. The first kappa shape index (κ1) is 31.9. The summed E-state index contributed by atoms with van der Waals surface area (Å²) in [5, 5.41) is 0. The monoisotopic (exact) mass is 472 g/mol. The number of nitrogens with zero attached hydrogens (tertiary/aromatic N) is 2. The molecule has 0 rings (SSSR count). The minimum absolute atomic E-state index is 0.161. The van der Waals surface area contributed by atoms with Crippen LogP contribution in [0.15, 0.2) is 50.6 Å². The molecule has 0 unspecified atom stereocenters. The zero-order valence-corrected chi connectivity index (χ0v) is 22.0. The molecule has 4 nitrogen and oxygen atoms in total. The number of hydrogen-bond donors (Lipinski definition) is 0. The van der Waals surface area contributed by atoms with Crippen molar-refractivity contribution in [3.05, 3.63) is 50.6 Å². The van der Waals surface area contributed by atoms with Gasteiger partial charge in [-0.05, 0) is 38.5 Å². The van der Waals surface area contributed by atoms with Crippen LogP contribution in [0.2, 0.25) is 0 Å². The molecule has 0 saturated carbocycles. The first-order chi connectivity index (χ1) is 16.6. The molecule has 0 aromatic heterocycles. The Morgan fingerprint density at radius 2 is 0.794 bits per heavy atom. The van der Waals surface area contributed by atoms with E-state index in [1.54, 1.807) is 12.2 Å². The van der Waals surface area contributed by atoms with Crippen LogP contribution in [0, 0.1) is 0 Å². The Balaban J connectivity index is 4.27. The average Bonchev–Trinajstić information content (AvgIpc) is 2.83. The quantitative estimate of drug-likeness (QED) is 0.101. The first-order valence-corrected chi connectivity index (χ1v) is 13.6. The van der Waals surface area contributed by atoms with Crippen molar-refractivity contribution in [3.63, 3.8) is 0 Å². The summed E-state index contributed by atoms with van der Waals surface area (Å²) in [6.45, 7) is 17.3. The van der Waals surface area contributed by atoms with Crippen molar-refractivity contribution >= 4 is 11.8 Å². The van der Waals surface area contributed by atoms with E-state index in [9.17, 15) is 9.59 Å². The van der Waals surface area contributed by atoms with Crippen molar-refractivity contribution in [2.75, 3.05) is 26.2 Å². The summed E-state index contributed by atoms with van der Waals surface area (Å²) < 4.78 is 0. The Morgan fingerprint density at radius 3 is 1.12 bits per heavy atom. The van der Waals surface area contributed by atoms with Crippen LogP contribution in [0.4, 0.5) is 0 Å². The third kappa shape index (κ3) is 18.3. The molecule has 0 heterocycles. The van der Waals surface area contributed by atoms with Crippen LogP contribution in [0.25, 0.3) is 0 Å². The molecule has 34 heavy (non-hydrogen) atoms. The molecule has 0 atom stereocenters. The Hall–Kier alpha value is -2.10. The molecule has 194 valence electrons. The van der Waals surface area contributed by atoms with E-state index in [2.05, 4.69) is 26.3 Å². The number of hydrogen-bond acceptors (Lipinski definition) is 2. The predicted octanol–water partition coefficient (Wildman–Crippen LogP) is 7.63. The van der Waals surface area contributed by atoms with E-state index in [0.717, 1.165) is 38.5 Å². The molecule has 4 heteroatoms. The number of unbranched alkanes of at least 4 members (excludes halogenated alkanes) is 12. The SMILES string of the molecule is C=CCCCCCCCCC(=O)N(CC=C)CCN(CC=C)C(=O)CCCCCCCCC=C. The zero-order chi connectivity index (χ0) is 25.3. The minimum atomic E-state index is 0.161. The summed E-state index contributed by atoms with van der Waals surface area (Å²) in [5.74, 6) is 0.322. The zero-order valence-electron chi connectivity index (χ0n) is 22.0. The van der Waals surface area contributed by atoms with Crippen LogP contribution in [0.1, 0.15) is 103 Å². The van der Waals surface area contributed by atoms with Gasteiger partial charge in [0, 0.05) is 39.0 Å². The van der Waals surface area contributed by atoms with Crippen LogP contribution < -0.4 is 0 Å². The average molecular weight is 473 g/mol. The number of rotatable bonds is 25. The highest BCUT2D eigenvalue weighted by molar-refractivity contribution is 5.77. The lowest BCUT2D eigenvalue weighted by Gasteiger charge is -2.27. The maximum absolute atomic E-state index is 12.7. The maximum Gasteiger partial charge on any atom is 0.222 e. The van der Waals surface area contributed by atoms with Crippen molar-refractivity contribution in [2.45, 2.75) is 103 Å². The highest BCUT2D eigenvalue weighted by atomic mass is 16.2. The lowest BCUT2D eigenvalue weighted by Crippen LogP contribution is -2.41. The highest BCUT2D eigenvalue weighted by Gasteiger charge is 2.16. The lowest BCUT2D eigenvalue weighted by molar-refractivity contribution is -0.134. The van der Waals surface area contributed by atoms with Gasteiger partial charge >= 0.3 is 0 Å². The third-order valence-corrected chi connectivity index (χ3v) is 6.14. The van der Waals surface area contributed by atoms with E-state index in [0.29, 0.717) is 39.0 Å². The number of carbonyl (C=O) groups excluding carboxylic acids is 2. The summed E-state index contributed by atoms with van der Waals surface area (Å²) in [6.07, 6.45) is 24.6. The fourth-order valence-electron chi connectivity index (χ4n) is 4.05. The summed E-state index contributed by atoms with van der Waals surface area (Å²) in [4.78, 5) is 29.1. The second-order valence-electron chi connectivity index (χ2n) is 9.15. The number of amides is 2. The molecule has 0 bridgehead atoms. The van der Waals surface area contributed by atoms with Crippen LogP contribution in [0.5, 0.6) is 0 Å². The van der Waals surface area contributed by atoms with Crippen molar-refractivity contribution in [2.24, 2.45) is 0 Å². The topological polar surface area (TPSA) is 40.6 Å². The Kier molecular flexibility index (Phi) is 22.6. The van der Waals surface area contributed by atoms with Crippen molar-refractivity contribution in [1.29, 1.82) is 0 Å². The van der Waals surface area contributed by atoms with Gasteiger partial charge in [0.15, 0.2) is 0 Å². The van der Waals surface area contributed by atoms with Gasteiger partial charge in [0.05, 0.1) is 0 Å². The van der Waals surface area contributed by atoms with E-state index >= 15 is 0 Å². The second-order valence-corrected chi connectivity index (χ2v) is 9.15. The molecule has 0 N–H and O–H groups in total. The number of allylic oxidation sites excluding steroid dienone is 2. The normalized spacial score (nSPS) is 10.5. The molecular formula is C30H52N2O2.